The Kier molecular flexibility index (Phi) is 7.81. The maximum atomic E-state index is 14.1. The van der Waals surface area contributed by atoms with Crippen molar-refractivity contribution in [1.29, 1.82) is 0 Å². The Morgan fingerprint density at radius 2 is 1.76 bits per heavy atom. The molecule has 0 atom stereocenters. The summed E-state index contributed by atoms with van der Waals surface area (Å²) < 4.78 is 24.2. The van der Waals surface area contributed by atoms with Crippen LogP contribution in [0.25, 0.3) is 16.7 Å². The standard InChI is InChI=1S/C27H29FN8O4S/c28-17-13-23-25(29-14-17)35(21-9-11-41-12-10-21)27(39)36(26(23)38)20-3-1-18(2-4-20)31-24(37)15-40-22-7-5-19(6-8-22)34-16-30-32-33-34/h5-8,13-14,16,18,20-21H,1-4,9-12,15H2,(H,31,37). The lowest BCUT2D eigenvalue weighted by molar-refractivity contribution is -0.124. The topological polar surface area (TPSA) is 139 Å². The second-order valence-corrected chi connectivity index (χ2v) is 11.5. The number of ether oxygens (including phenoxy) is 1. The molecule has 1 aromatic carbocycles. The van der Waals surface area contributed by atoms with Gasteiger partial charge in [-0.2, -0.15) is 11.8 Å². The van der Waals surface area contributed by atoms with E-state index in [-0.39, 0.29) is 47.4 Å². The van der Waals surface area contributed by atoms with Gasteiger partial charge in [0.25, 0.3) is 11.5 Å². The Morgan fingerprint density at radius 1 is 1.02 bits per heavy atom. The number of nitrogens with one attached hydrogen (secondary N) is 1. The number of benzene rings is 1. The Balaban J connectivity index is 1.11. The first-order valence-corrected chi connectivity index (χ1v) is 14.8. The largest absolute Gasteiger partial charge is 0.484 e. The fourth-order valence-corrected chi connectivity index (χ4v) is 6.75. The van der Waals surface area contributed by atoms with Crippen LogP contribution in [0.2, 0.25) is 0 Å². The van der Waals surface area contributed by atoms with Crippen molar-refractivity contribution in [3.05, 3.63) is 69.5 Å². The second kappa shape index (κ2) is 11.8. The van der Waals surface area contributed by atoms with Crippen molar-refractivity contribution in [2.75, 3.05) is 18.1 Å². The average Bonchev–Trinajstić information content (AvgIpc) is 3.54. The summed E-state index contributed by atoms with van der Waals surface area (Å²) in [6.07, 6.45) is 6.40. The van der Waals surface area contributed by atoms with Gasteiger partial charge in [-0.3, -0.25) is 18.7 Å². The molecule has 0 spiro atoms. The van der Waals surface area contributed by atoms with Gasteiger partial charge in [-0.15, -0.1) is 5.10 Å². The molecule has 2 aliphatic rings. The number of carbonyl (C=O) groups excluding carboxylic acids is 1. The third-order valence-electron chi connectivity index (χ3n) is 7.73. The lowest BCUT2D eigenvalue weighted by Gasteiger charge is -2.31. The average molecular weight is 581 g/mol. The van der Waals surface area contributed by atoms with E-state index in [2.05, 4.69) is 25.8 Å². The van der Waals surface area contributed by atoms with Crippen LogP contribution in [0.3, 0.4) is 0 Å². The van der Waals surface area contributed by atoms with Gasteiger partial charge in [-0.1, -0.05) is 0 Å². The zero-order valence-corrected chi connectivity index (χ0v) is 23.0. The third kappa shape index (κ3) is 5.73. The van der Waals surface area contributed by atoms with E-state index < -0.39 is 11.4 Å². The number of nitrogens with zero attached hydrogens (tertiary/aromatic N) is 7. The van der Waals surface area contributed by atoms with Gasteiger partial charge >= 0.3 is 5.69 Å². The molecule has 12 nitrogen and oxygen atoms in total. The Labute approximate surface area is 237 Å². The summed E-state index contributed by atoms with van der Waals surface area (Å²) in [5.41, 5.74) is 0.122. The van der Waals surface area contributed by atoms with Gasteiger partial charge in [-0.05, 0) is 90.8 Å². The normalized spacial score (nSPS) is 19.7. The molecule has 4 aromatic rings. The van der Waals surface area contributed by atoms with Crippen molar-refractivity contribution >= 4 is 28.7 Å². The van der Waals surface area contributed by atoms with Gasteiger partial charge in [0.15, 0.2) is 6.61 Å². The number of pyridine rings is 1. The Morgan fingerprint density at radius 3 is 2.46 bits per heavy atom. The molecule has 1 amide bonds. The summed E-state index contributed by atoms with van der Waals surface area (Å²) in [7, 11) is 0. The van der Waals surface area contributed by atoms with Crippen LogP contribution in [-0.4, -0.2) is 64.4 Å². The van der Waals surface area contributed by atoms with Crippen LogP contribution in [0.1, 0.15) is 50.6 Å². The van der Waals surface area contributed by atoms with Gasteiger partial charge in [0.05, 0.1) is 17.3 Å². The summed E-state index contributed by atoms with van der Waals surface area (Å²) in [6, 6.07) is 7.69. The summed E-state index contributed by atoms with van der Waals surface area (Å²) >= 11 is 1.83. The zero-order valence-electron chi connectivity index (χ0n) is 22.2. The smallest absolute Gasteiger partial charge is 0.333 e. The number of hydrogen-bond acceptors (Lipinski definition) is 9. The summed E-state index contributed by atoms with van der Waals surface area (Å²) in [6.45, 7) is -0.142. The number of amides is 1. The highest BCUT2D eigenvalue weighted by Gasteiger charge is 2.29. The van der Waals surface area contributed by atoms with Gasteiger partial charge in [-0.25, -0.2) is 18.9 Å². The number of hydrogen-bond donors (Lipinski definition) is 1. The molecule has 1 saturated carbocycles. The molecular formula is C27H29FN8O4S. The molecule has 0 unspecified atom stereocenters. The molecular weight excluding hydrogens is 551 g/mol. The van der Waals surface area contributed by atoms with Crippen molar-refractivity contribution in [1.82, 2.24) is 39.6 Å². The van der Waals surface area contributed by atoms with E-state index >= 15 is 0 Å². The number of fused-ring (bicyclic) bond motifs is 1. The Hall–Kier alpha value is -4.07. The van der Waals surface area contributed by atoms with Crippen LogP contribution in [0.15, 0.2) is 52.4 Å². The first kappa shape index (κ1) is 27.1. The molecule has 0 radical (unpaired) electrons. The van der Waals surface area contributed by atoms with Crippen LogP contribution in [-0.2, 0) is 4.79 Å². The number of carbonyl (C=O) groups is 1. The highest BCUT2D eigenvalue weighted by atomic mass is 32.2. The van der Waals surface area contributed by atoms with E-state index in [1.807, 2.05) is 11.8 Å². The maximum Gasteiger partial charge on any atom is 0.333 e. The quantitative estimate of drug-likeness (QED) is 0.349. The Bertz CT molecular complexity index is 1640. The summed E-state index contributed by atoms with van der Waals surface area (Å²) in [4.78, 5) is 43.9. The van der Waals surface area contributed by atoms with Crippen molar-refractivity contribution in [3.63, 3.8) is 0 Å². The molecule has 41 heavy (non-hydrogen) atoms. The highest BCUT2D eigenvalue weighted by Crippen LogP contribution is 2.30. The fourth-order valence-electron chi connectivity index (χ4n) is 5.67. The molecule has 4 heterocycles. The predicted molar refractivity (Wildman–Crippen MR) is 150 cm³/mol. The third-order valence-corrected chi connectivity index (χ3v) is 8.77. The van der Waals surface area contributed by atoms with E-state index in [1.165, 1.54) is 21.6 Å². The summed E-state index contributed by atoms with van der Waals surface area (Å²) in [5, 5.41) is 14.2. The highest BCUT2D eigenvalue weighted by molar-refractivity contribution is 7.99. The van der Waals surface area contributed by atoms with Gasteiger partial charge < -0.3 is 10.1 Å². The molecule has 14 heteroatoms. The van der Waals surface area contributed by atoms with Crippen LogP contribution in [0.4, 0.5) is 4.39 Å². The van der Waals surface area contributed by atoms with E-state index in [0.29, 0.717) is 31.4 Å². The molecule has 1 N–H and O–H groups in total. The maximum absolute atomic E-state index is 14.1. The monoisotopic (exact) mass is 580 g/mol. The number of aromatic nitrogens is 7. The van der Waals surface area contributed by atoms with Crippen LogP contribution >= 0.6 is 11.8 Å². The minimum absolute atomic E-state index is 0.0810. The summed E-state index contributed by atoms with van der Waals surface area (Å²) in [5.74, 6) is 1.51. The second-order valence-electron chi connectivity index (χ2n) is 10.3. The molecule has 1 aliphatic heterocycles. The zero-order chi connectivity index (χ0) is 28.3. The number of rotatable bonds is 7. The molecule has 6 rings (SSSR count). The van der Waals surface area contributed by atoms with E-state index in [4.69, 9.17) is 4.74 Å². The van der Waals surface area contributed by atoms with E-state index in [1.54, 1.807) is 28.8 Å². The van der Waals surface area contributed by atoms with Crippen LogP contribution in [0.5, 0.6) is 5.75 Å². The number of thioether (sulfide) groups is 1. The minimum atomic E-state index is -0.609. The molecule has 2 fully saturated rings. The SMILES string of the molecule is O=C(COc1ccc(-n2cnnn2)cc1)NC1CCC(n2c(=O)c3cc(F)cnc3n(C3CCSCC3)c2=O)CC1. The molecule has 214 valence electrons. The van der Waals surface area contributed by atoms with Crippen molar-refractivity contribution < 1.29 is 13.9 Å². The molecule has 3 aromatic heterocycles. The van der Waals surface area contributed by atoms with E-state index in [9.17, 15) is 18.8 Å². The van der Waals surface area contributed by atoms with Crippen LogP contribution < -0.4 is 21.3 Å². The van der Waals surface area contributed by atoms with Crippen molar-refractivity contribution in [2.24, 2.45) is 0 Å². The predicted octanol–water partition coefficient (Wildman–Crippen LogP) is 2.42. The van der Waals surface area contributed by atoms with Crippen molar-refractivity contribution in [2.45, 2.75) is 56.7 Å². The van der Waals surface area contributed by atoms with Gasteiger partial charge in [0, 0.05) is 18.1 Å². The number of halogens is 1. The lowest BCUT2D eigenvalue weighted by Crippen LogP contribution is -2.47. The first-order chi connectivity index (χ1) is 20.0. The lowest BCUT2D eigenvalue weighted by atomic mass is 9.91. The first-order valence-electron chi connectivity index (χ1n) is 13.6. The fraction of sp³-hybridized carbons (Fsp3) is 0.444. The molecule has 1 saturated heterocycles. The van der Waals surface area contributed by atoms with Crippen molar-refractivity contribution in [3.8, 4) is 11.4 Å². The molecule has 1 aliphatic carbocycles. The van der Waals surface area contributed by atoms with E-state index in [0.717, 1.165) is 36.2 Å². The molecule has 0 bridgehead atoms. The minimum Gasteiger partial charge on any atom is -0.484 e. The van der Waals surface area contributed by atoms with Gasteiger partial charge in [0.1, 0.15) is 23.5 Å². The van der Waals surface area contributed by atoms with Crippen LogP contribution in [0, 0.1) is 5.82 Å². The van der Waals surface area contributed by atoms with Gasteiger partial charge in [0.2, 0.25) is 0 Å². The number of tetrazole rings is 1.